The normalized spacial score (nSPS) is 22.1. The average molecular weight is 346 g/mol. The van der Waals surface area contributed by atoms with E-state index in [1.54, 1.807) is 11.3 Å². The van der Waals surface area contributed by atoms with Gasteiger partial charge in [-0.3, -0.25) is 9.69 Å². The second-order valence-corrected chi connectivity index (χ2v) is 8.36. The summed E-state index contributed by atoms with van der Waals surface area (Å²) < 4.78 is 0. The molecule has 1 aliphatic carbocycles. The SMILES string of the molecule is CC1CCc2c(sc(NC(=O)CN3CCCCCCC3)c2C#N)C1. The largest absolute Gasteiger partial charge is 0.315 e. The third kappa shape index (κ3) is 4.17. The minimum Gasteiger partial charge on any atom is -0.315 e. The molecule has 0 saturated carbocycles. The van der Waals surface area contributed by atoms with Gasteiger partial charge in [-0.1, -0.05) is 26.2 Å². The fourth-order valence-corrected chi connectivity index (χ4v) is 5.17. The Morgan fingerprint density at radius 1 is 1.29 bits per heavy atom. The van der Waals surface area contributed by atoms with Crippen LogP contribution in [0, 0.1) is 17.2 Å². The standard InChI is InChI=1S/C19H27N3OS/c1-14-7-8-15-16(12-20)19(24-17(15)11-14)21-18(23)13-22-9-5-3-2-4-6-10-22/h14H,2-11,13H2,1H3,(H,21,23). The Kier molecular flexibility index (Phi) is 5.91. The van der Waals surface area contributed by atoms with Gasteiger partial charge in [-0.25, -0.2) is 0 Å². The third-order valence-electron chi connectivity index (χ3n) is 5.19. The van der Waals surface area contributed by atoms with Crippen LogP contribution in [-0.2, 0) is 17.6 Å². The Morgan fingerprint density at radius 3 is 2.71 bits per heavy atom. The number of nitrogens with one attached hydrogen (secondary N) is 1. The molecule has 1 amide bonds. The van der Waals surface area contributed by atoms with Crippen LogP contribution >= 0.6 is 11.3 Å². The summed E-state index contributed by atoms with van der Waals surface area (Å²) in [6, 6.07) is 2.33. The van der Waals surface area contributed by atoms with Crippen molar-refractivity contribution in [1.82, 2.24) is 4.90 Å². The molecule has 130 valence electrons. The number of nitriles is 1. The molecule has 1 aromatic heterocycles. The van der Waals surface area contributed by atoms with E-state index in [0.717, 1.165) is 37.4 Å². The zero-order valence-electron chi connectivity index (χ0n) is 14.6. The quantitative estimate of drug-likeness (QED) is 0.902. The fourth-order valence-electron chi connectivity index (χ4n) is 3.80. The van der Waals surface area contributed by atoms with Crippen molar-refractivity contribution < 1.29 is 4.79 Å². The predicted molar refractivity (Wildman–Crippen MR) is 98.4 cm³/mol. The fraction of sp³-hybridized carbons (Fsp3) is 0.684. The molecule has 0 aromatic carbocycles. The van der Waals surface area contributed by atoms with Crippen molar-refractivity contribution in [2.24, 2.45) is 5.92 Å². The molecule has 1 atom stereocenters. The zero-order valence-corrected chi connectivity index (χ0v) is 15.4. The van der Waals surface area contributed by atoms with Crippen molar-refractivity contribution in [2.45, 2.75) is 58.3 Å². The van der Waals surface area contributed by atoms with Crippen molar-refractivity contribution in [1.29, 1.82) is 5.26 Å². The van der Waals surface area contributed by atoms with E-state index in [2.05, 4.69) is 23.2 Å². The van der Waals surface area contributed by atoms with Gasteiger partial charge in [0.2, 0.25) is 5.91 Å². The van der Waals surface area contributed by atoms with Crippen molar-refractivity contribution >= 4 is 22.2 Å². The van der Waals surface area contributed by atoms with E-state index in [4.69, 9.17) is 0 Å². The Morgan fingerprint density at radius 2 is 2.00 bits per heavy atom. The van der Waals surface area contributed by atoms with Crippen LogP contribution in [0.1, 0.15) is 61.5 Å². The molecule has 4 nitrogen and oxygen atoms in total. The van der Waals surface area contributed by atoms with Crippen LogP contribution in [0.25, 0.3) is 0 Å². The molecule has 1 aliphatic heterocycles. The van der Waals surface area contributed by atoms with Gasteiger partial charge in [-0.15, -0.1) is 11.3 Å². The maximum absolute atomic E-state index is 12.5. The van der Waals surface area contributed by atoms with Crippen molar-refractivity contribution in [2.75, 3.05) is 25.0 Å². The highest BCUT2D eigenvalue weighted by atomic mass is 32.1. The Balaban J connectivity index is 1.65. The molecule has 5 heteroatoms. The Bertz CT molecular complexity index is 623. The number of amides is 1. The molecule has 2 heterocycles. The van der Waals surface area contributed by atoms with E-state index in [1.165, 1.54) is 42.5 Å². The van der Waals surface area contributed by atoms with Crippen LogP contribution in [0.3, 0.4) is 0 Å². The molecule has 3 rings (SSSR count). The van der Waals surface area contributed by atoms with Crippen molar-refractivity contribution in [3.05, 3.63) is 16.0 Å². The number of likely N-dealkylation sites (tertiary alicyclic amines) is 1. The summed E-state index contributed by atoms with van der Waals surface area (Å²) in [4.78, 5) is 16.0. The van der Waals surface area contributed by atoms with E-state index >= 15 is 0 Å². The lowest BCUT2D eigenvalue weighted by Gasteiger charge is -2.23. The van der Waals surface area contributed by atoms with Crippen molar-refractivity contribution in [3.8, 4) is 6.07 Å². The van der Waals surface area contributed by atoms with Crippen LogP contribution in [0.15, 0.2) is 0 Å². The summed E-state index contributed by atoms with van der Waals surface area (Å²) in [7, 11) is 0. The topological polar surface area (TPSA) is 56.1 Å². The van der Waals surface area contributed by atoms with Gasteiger partial charge in [0, 0.05) is 4.88 Å². The summed E-state index contributed by atoms with van der Waals surface area (Å²) in [5.74, 6) is 0.700. The van der Waals surface area contributed by atoms with Gasteiger partial charge in [-0.05, 0) is 56.7 Å². The first-order chi connectivity index (χ1) is 11.7. The first-order valence-corrected chi connectivity index (χ1v) is 10.1. The maximum Gasteiger partial charge on any atom is 0.239 e. The van der Waals surface area contributed by atoms with Gasteiger partial charge in [0.25, 0.3) is 0 Å². The molecular weight excluding hydrogens is 318 g/mol. The lowest BCUT2D eigenvalue weighted by atomic mass is 9.89. The Labute approximate surface area is 148 Å². The van der Waals surface area contributed by atoms with Crippen LogP contribution < -0.4 is 5.32 Å². The molecular formula is C19H27N3OS. The first-order valence-electron chi connectivity index (χ1n) is 9.24. The molecule has 1 N–H and O–H groups in total. The minimum absolute atomic E-state index is 0.0266. The number of nitrogens with zero attached hydrogens (tertiary/aromatic N) is 2. The number of carbonyl (C=O) groups is 1. The summed E-state index contributed by atoms with van der Waals surface area (Å²) in [6.07, 6.45) is 9.38. The zero-order chi connectivity index (χ0) is 16.9. The summed E-state index contributed by atoms with van der Waals surface area (Å²) in [6.45, 7) is 4.73. The van der Waals surface area contributed by atoms with Gasteiger partial charge in [0.15, 0.2) is 0 Å². The summed E-state index contributed by atoms with van der Waals surface area (Å²) >= 11 is 1.62. The number of fused-ring (bicyclic) bond motifs is 1. The van der Waals surface area contributed by atoms with E-state index in [1.807, 2.05) is 0 Å². The first kappa shape index (κ1) is 17.4. The second-order valence-electron chi connectivity index (χ2n) is 7.26. The smallest absolute Gasteiger partial charge is 0.239 e. The van der Waals surface area contributed by atoms with Crippen LogP contribution in [-0.4, -0.2) is 30.4 Å². The lowest BCUT2D eigenvalue weighted by molar-refractivity contribution is -0.117. The van der Waals surface area contributed by atoms with Gasteiger partial charge >= 0.3 is 0 Å². The second kappa shape index (κ2) is 8.13. The molecule has 1 fully saturated rings. The molecule has 1 unspecified atom stereocenters. The van der Waals surface area contributed by atoms with Crippen molar-refractivity contribution in [3.63, 3.8) is 0 Å². The highest BCUT2D eigenvalue weighted by Gasteiger charge is 2.25. The predicted octanol–water partition coefficient (Wildman–Crippen LogP) is 3.95. The molecule has 0 bridgehead atoms. The van der Waals surface area contributed by atoms with E-state index in [-0.39, 0.29) is 5.91 Å². The molecule has 0 spiro atoms. The van der Waals surface area contributed by atoms with E-state index in [0.29, 0.717) is 18.0 Å². The minimum atomic E-state index is 0.0266. The molecule has 1 saturated heterocycles. The van der Waals surface area contributed by atoms with Crippen LogP contribution in [0.2, 0.25) is 0 Å². The number of rotatable bonds is 3. The number of thiophene rings is 1. The average Bonchev–Trinajstić information content (AvgIpc) is 2.85. The van der Waals surface area contributed by atoms with Gasteiger partial charge in [-0.2, -0.15) is 5.26 Å². The number of hydrogen-bond acceptors (Lipinski definition) is 4. The third-order valence-corrected chi connectivity index (χ3v) is 6.36. The highest BCUT2D eigenvalue weighted by Crippen LogP contribution is 2.39. The van der Waals surface area contributed by atoms with E-state index in [9.17, 15) is 10.1 Å². The Hall–Kier alpha value is -1.38. The van der Waals surface area contributed by atoms with Gasteiger partial charge in [0.1, 0.15) is 11.1 Å². The summed E-state index contributed by atoms with van der Waals surface area (Å²) in [5, 5.41) is 13.3. The summed E-state index contributed by atoms with van der Waals surface area (Å²) in [5.41, 5.74) is 1.89. The number of anilines is 1. The van der Waals surface area contributed by atoms with Crippen LogP contribution in [0.5, 0.6) is 0 Å². The maximum atomic E-state index is 12.5. The van der Waals surface area contributed by atoms with Gasteiger partial charge < -0.3 is 5.32 Å². The van der Waals surface area contributed by atoms with Crippen LogP contribution in [0.4, 0.5) is 5.00 Å². The molecule has 2 aliphatic rings. The highest BCUT2D eigenvalue weighted by molar-refractivity contribution is 7.16. The van der Waals surface area contributed by atoms with E-state index < -0.39 is 0 Å². The molecule has 24 heavy (non-hydrogen) atoms. The number of hydrogen-bond donors (Lipinski definition) is 1. The molecule has 1 aromatic rings. The monoisotopic (exact) mass is 345 g/mol. The lowest BCUT2D eigenvalue weighted by Crippen LogP contribution is -2.35. The number of carbonyl (C=O) groups excluding carboxylic acids is 1. The van der Waals surface area contributed by atoms with Gasteiger partial charge in [0.05, 0.1) is 12.1 Å². The molecule has 0 radical (unpaired) electrons.